The molecule has 0 aliphatic carbocycles. The fourth-order valence-electron chi connectivity index (χ4n) is 4.16. The van der Waals surface area contributed by atoms with E-state index >= 15 is 0 Å². The Balaban J connectivity index is 1.25. The van der Waals surface area contributed by atoms with Gasteiger partial charge >= 0.3 is 0 Å². The number of halogens is 1. The lowest BCUT2D eigenvalue weighted by atomic mass is 10.1. The van der Waals surface area contributed by atoms with Crippen LogP contribution >= 0.6 is 0 Å². The summed E-state index contributed by atoms with van der Waals surface area (Å²) in [7, 11) is 0. The third-order valence-corrected chi connectivity index (χ3v) is 5.93. The fourth-order valence-corrected chi connectivity index (χ4v) is 4.16. The molecule has 3 aromatic carbocycles. The van der Waals surface area contributed by atoms with E-state index in [1.807, 2.05) is 29.2 Å². The number of aromatic hydroxyl groups is 1. The number of azo groups is 1. The van der Waals surface area contributed by atoms with Crippen molar-refractivity contribution in [3.63, 3.8) is 0 Å². The van der Waals surface area contributed by atoms with Gasteiger partial charge in [0.15, 0.2) is 5.69 Å². The normalized spacial score (nSPS) is 15.9. The van der Waals surface area contributed by atoms with Gasteiger partial charge in [0, 0.05) is 17.5 Å². The molecule has 1 amide bonds. The Hall–Kier alpha value is -4.20. The van der Waals surface area contributed by atoms with Gasteiger partial charge in [-0.3, -0.25) is 4.79 Å². The molecule has 5 rings (SSSR count). The molecule has 0 radical (unpaired) electrons. The maximum absolute atomic E-state index is 13.1. The van der Waals surface area contributed by atoms with Crippen LogP contribution in [0.2, 0.25) is 0 Å². The van der Waals surface area contributed by atoms with Crippen LogP contribution in [0.5, 0.6) is 11.6 Å². The standard InChI is InChI=1S/C26H23FN4O3/c27-18-9-13-21(14-10-18)34-16-20-4-3-15-31(20)26(33)17-7-11-19(12-8-17)29-30-24-22-5-1-2-6-23(22)28-25(24)32/h1-2,5-14,20,28,32H,3-4,15-16H2/t20-/m0/s1. The number of amides is 1. The van der Waals surface area contributed by atoms with E-state index < -0.39 is 0 Å². The molecular formula is C26H23FN4O3. The third-order valence-electron chi connectivity index (χ3n) is 5.93. The molecule has 1 atom stereocenters. The predicted molar refractivity (Wildman–Crippen MR) is 127 cm³/mol. The number of nitrogens with zero attached hydrogens (tertiary/aromatic N) is 3. The van der Waals surface area contributed by atoms with Crippen LogP contribution in [0.3, 0.4) is 0 Å². The molecule has 7 nitrogen and oxygen atoms in total. The first-order valence-corrected chi connectivity index (χ1v) is 11.1. The van der Waals surface area contributed by atoms with Crippen molar-refractivity contribution >= 4 is 28.2 Å². The number of aromatic nitrogens is 1. The molecule has 172 valence electrons. The lowest BCUT2D eigenvalue weighted by Crippen LogP contribution is -2.39. The maximum Gasteiger partial charge on any atom is 0.254 e. The minimum Gasteiger partial charge on any atom is -0.493 e. The molecule has 4 aromatic rings. The molecule has 1 saturated heterocycles. The molecule has 0 unspecified atom stereocenters. The number of likely N-dealkylation sites (tertiary alicyclic amines) is 1. The maximum atomic E-state index is 13.1. The lowest BCUT2D eigenvalue weighted by molar-refractivity contribution is 0.0691. The number of aromatic amines is 1. The summed E-state index contributed by atoms with van der Waals surface area (Å²) >= 11 is 0. The van der Waals surface area contributed by atoms with Crippen molar-refractivity contribution in [3.8, 4) is 11.6 Å². The molecule has 2 heterocycles. The van der Waals surface area contributed by atoms with Crippen molar-refractivity contribution in [2.24, 2.45) is 10.2 Å². The van der Waals surface area contributed by atoms with Crippen molar-refractivity contribution in [2.45, 2.75) is 18.9 Å². The monoisotopic (exact) mass is 458 g/mol. The van der Waals surface area contributed by atoms with Gasteiger partial charge in [0.25, 0.3) is 5.91 Å². The van der Waals surface area contributed by atoms with Crippen molar-refractivity contribution < 1.29 is 19.0 Å². The highest BCUT2D eigenvalue weighted by Gasteiger charge is 2.30. The molecular weight excluding hydrogens is 435 g/mol. The summed E-state index contributed by atoms with van der Waals surface area (Å²) in [5.41, 5.74) is 2.27. The Morgan fingerprint density at radius 1 is 1.06 bits per heavy atom. The summed E-state index contributed by atoms with van der Waals surface area (Å²) in [6.07, 6.45) is 1.76. The molecule has 1 fully saturated rings. The Kier molecular flexibility index (Phi) is 5.95. The van der Waals surface area contributed by atoms with Crippen LogP contribution < -0.4 is 4.74 Å². The number of carbonyl (C=O) groups excluding carboxylic acids is 1. The molecule has 1 aliphatic rings. The Bertz CT molecular complexity index is 1330. The summed E-state index contributed by atoms with van der Waals surface area (Å²) in [5, 5.41) is 19.3. The van der Waals surface area contributed by atoms with E-state index in [2.05, 4.69) is 15.2 Å². The molecule has 2 N–H and O–H groups in total. The van der Waals surface area contributed by atoms with Crippen LogP contribution in [0.1, 0.15) is 23.2 Å². The summed E-state index contributed by atoms with van der Waals surface area (Å²) in [5.74, 6) is 0.158. The second kappa shape index (κ2) is 9.35. The van der Waals surface area contributed by atoms with Crippen LogP contribution in [0.25, 0.3) is 10.9 Å². The largest absolute Gasteiger partial charge is 0.493 e. The molecule has 34 heavy (non-hydrogen) atoms. The SMILES string of the molecule is O=C(c1ccc(N=Nc2c(O)[nH]c3ccccc23)cc1)N1CCC[C@H]1COc1ccc(F)cc1. The molecule has 1 aliphatic heterocycles. The first-order chi connectivity index (χ1) is 16.6. The first-order valence-electron chi connectivity index (χ1n) is 11.1. The van der Waals surface area contributed by atoms with Crippen molar-refractivity contribution in [1.82, 2.24) is 9.88 Å². The number of nitrogens with one attached hydrogen (secondary N) is 1. The number of carbonyl (C=O) groups is 1. The number of ether oxygens (including phenoxy) is 1. The molecule has 1 aromatic heterocycles. The molecule has 8 heteroatoms. The fraction of sp³-hybridized carbons (Fsp3) is 0.192. The summed E-state index contributed by atoms with van der Waals surface area (Å²) in [6, 6.07) is 20.2. The van der Waals surface area contributed by atoms with Crippen LogP contribution in [-0.2, 0) is 0 Å². The van der Waals surface area contributed by atoms with Crippen LogP contribution in [0.15, 0.2) is 83.0 Å². The van der Waals surface area contributed by atoms with Crippen LogP contribution in [0, 0.1) is 5.82 Å². The highest BCUT2D eigenvalue weighted by molar-refractivity contribution is 5.95. The third kappa shape index (κ3) is 4.47. The highest BCUT2D eigenvalue weighted by atomic mass is 19.1. The summed E-state index contributed by atoms with van der Waals surface area (Å²) < 4.78 is 18.9. The van der Waals surface area contributed by atoms with Gasteiger partial charge in [-0.05, 0) is 67.4 Å². The van der Waals surface area contributed by atoms with Gasteiger partial charge in [-0.2, -0.15) is 5.11 Å². The number of hydrogen-bond acceptors (Lipinski definition) is 5. The Morgan fingerprint density at radius 3 is 2.62 bits per heavy atom. The van der Waals surface area contributed by atoms with Gasteiger partial charge < -0.3 is 19.7 Å². The summed E-state index contributed by atoms with van der Waals surface area (Å²) in [4.78, 5) is 17.8. The van der Waals surface area contributed by atoms with Crippen LogP contribution in [0.4, 0.5) is 15.8 Å². The van der Waals surface area contributed by atoms with Gasteiger partial charge in [-0.15, -0.1) is 5.11 Å². The van der Waals surface area contributed by atoms with Gasteiger partial charge in [0.05, 0.1) is 17.2 Å². The quantitative estimate of drug-likeness (QED) is 0.342. The van der Waals surface area contributed by atoms with E-state index in [9.17, 15) is 14.3 Å². The van der Waals surface area contributed by atoms with E-state index in [1.54, 1.807) is 36.4 Å². The molecule has 0 bridgehead atoms. The van der Waals surface area contributed by atoms with Crippen molar-refractivity contribution in [2.75, 3.05) is 13.2 Å². The topological polar surface area (TPSA) is 90.3 Å². The second-order valence-corrected chi connectivity index (χ2v) is 8.17. The minimum atomic E-state index is -0.314. The Morgan fingerprint density at radius 2 is 1.82 bits per heavy atom. The zero-order chi connectivity index (χ0) is 23.5. The van der Waals surface area contributed by atoms with E-state index in [4.69, 9.17) is 4.74 Å². The predicted octanol–water partition coefficient (Wildman–Crippen LogP) is 6.11. The molecule has 0 saturated carbocycles. The smallest absolute Gasteiger partial charge is 0.254 e. The van der Waals surface area contributed by atoms with Gasteiger partial charge in [-0.1, -0.05) is 18.2 Å². The number of hydrogen-bond donors (Lipinski definition) is 2. The van der Waals surface area contributed by atoms with E-state index in [0.29, 0.717) is 35.8 Å². The van der Waals surface area contributed by atoms with E-state index in [1.165, 1.54) is 12.1 Å². The number of benzene rings is 3. The Labute approximate surface area is 195 Å². The van der Waals surface area contributed by atoms with Gasteiger partial charge in [0.2, 0.25) is 5.88 Å². The minimum absolute atomic E-state index is 0.0400. The highest BCUT2D eigenvalue weighted by Crippen LogP contribution is 2.36. The van der Waals surface area contributed by atoms with Gasteiger partial charge in [0.1, 0.15) is 18.2 Å². The zero-order valence-corrected chi connectivity index (χ0v) is 18.3. The number of fused-ring (bicyclic) bond motifs is 1. The average Bonchev–Trinajstić information content (AvgIpc) is 3.46. The number of para-hydroxylation sites is 1. The number of rotatable bonds is 6. The van der Waals surface area contributed by atoms with E-state index in [0.717, 1.165) is 23.7 Å². The van der Waals surface area contributed by atoms with Gasteiger partial charge in [-0.25, -0.2) is 4.39 Å². The van der Waals surface area contributed by atoms with Crippen LogP contribution in [-0.4, -0.2) is 40.1 Å². The number of H-pyrrole nitrogens is 1. The average molecular weight is 458 g/mol. The lowest BCUT2D eigenvalue weighted by Gasteiger charge is -2.25. The zero-order valence-electron chi connectivity index (χ0n) is 18.3. The molecule has 0 spiro atoms. The van der Waals surface area contributed by atoms with Crippen molar-refractivity contribution in [1.29, 1.82) is 0 Å². The van der Waals surface area contributed by atoms with Crippen molar-refractivity contribution in [3.05, 3.63) is 84.2 Å². The summed E-state index contributed by atoms with van der Waals surface area (Å²) in [6.45, 7) is 1.02. The second-order valence-electron chi connectivity index (χ2n) is 8.17. The first kappa shape index (κ1) is 21.6. The van der Waals surface area contributed by atoms with E-state index in [-0.39, 0.29) is 23.6 Å².